The van der Waals surface area contributed by atoms with E-state index in [2.05, 4.69) is 16.2 Å². The van der Waals surface area contributed by atoms with Gasteiger partial charge in [0, 0.05) is 54.0 Å². The van der Waals surface area contributed by atoms with Crippen LogP contribution in [-0.4, -0.2) is 36.8 Å². The van der Waals surface area contributed by atoms with E-state index in [0.29, 0.717) is 67.4 Å². The highest BCUT2D eigenvalue weighted by molar-refractivity contribution is 6.04. The molecule has 0 aliphatic carbocycles. The Labute approximate surface area is 224 Å². The fourth-order valence-electron chi connectivity index (χ4n) is 5.39. The fraction of sp³-hybridized carbons (Fsp3) is 0.290. The van der Waals surface area contributed by atoms with E-state index >= 15 is 0 Å². The molecular weight excluding hydrogens is 505 g/mol. The Bertz CT molecular complexity index is 1530. The molecule has 200 valence electrons. The summed E-state index contributed by atoms with van der Waals surface area (Å²) in [7, 11) is 0. The summed E-state index contributed by atoms with van der Waals surface area (Å²) in [6, 6.07) is 6.20. The minimum atomic E-state index is -1.28. The van der Waals surface area contributed by atoms with Gasteiger partial charge in [-0.1, -0.05) is 24.1 Å². The average molecular weight is 533 g/mol. The Hall–Kier alpha value is -4.09. The van der Waals surface area contributed by atoms with Gasteiger partial charge in [-0.15, -0.1) is 6.42 Å². The summed E-state index contributed by atoms with van der Waals surface area (Å²) in [6.07, 6.45) is 12.1. The van der Waals surface area contributed by atoms with Crippen molar-refractivity contribution < 1.29 is 27.4 Å². The first kappa shape index (κ1) is 26.5. The van der Waals surface area contributed by atoms with Gasteiger partial charge in [0.2, 0.25) is 0 Å². The molecule has 1 N–H and O–H groups in total. The van der Waals surface area contributed by atoms with Crippen molar-refractivity contribution in [2.45, 2.75) is 38.1 Å². The number of hydrogen-bond acceptors (Lipinski definition) is 4. The van der Waals surface area contributed by atoms with E-state index < -0.39 is 17.5 Å². The number of rotatable bonds is 5. The van der Waals surface area contributed by atoms with Crippen molar-refractivity contribution >= 4 is 16.8 Å². The topological polar surface area (TPSA) is 60.5 Å². The van der Waals surface area contributed by atoms with Crippen LogP contribution in [0.1, 0.15) is 48.0 Å². The van der Waals surface area contributed by atoms with E-state index in [1.807, 2.05) is 6.92 Å². The first-order valence-corrected chi connectivity index (χ1v) is 12.8. The van der Waals surface area contributed by atoms with Crippen LogP contribution in [0.2, 0.25) is 0 Å². The fourth-order valence-corrected chi connectivity index (χ4v) is 5.39. The Morgan fingerprint density at radius 2 is 1.92 bits per heavy atom. The van der Waals surface area contributed by atoms with Crippen LogP contribution in [-0.2, 0) is 9.47 Å². The zero-order chi connectivity index (χ0) is 27.5. The third-order valence-corrected chi connectivity index (χ3v) is 7.27. The lowest BCUT2D eigenvalue weighted by Gasteiger charge is -2.29. The zero-order valence-electron chi connectivity index (χ0n) is 21.4. The van der Waals surface area contributed by atoms with Crippen molar-refractivity contribution in [3.8, 4) is 23.5 Å². The SMILES string of the molecule is C#C/C=C\C1=C(C)OCC[C@@H]1NC(=O)c1cnc2c(-c3cc(F)cc(F)c3F)cccc2c1C1CCOCC1. The number of halogens is 3. The number of para-hydroxylation sites is 1. The van der Waals surface area contributed by atoms with E-state index in [1.54, 1.807) is 30.4 Å². The maximum Gasteiger partial charge on any atom is 0.253 e. The highest BCUT2D eigenvalue weighted by atomic mass is 19.2. The third kappa shape index (κ3) is 5.27. The Kier molecular flexibility index (Phi) is 7.71. The van der Waals surface area contributed by atoms with Crippen molar-refractivity contribution in [2.24, 2.45) is 0 Å². The van der Waals surface area contributed by atoms with Crippen molar-refractivity contribution in [3.05, 3.63) is 88.6 Å². The highest BCUT2D eigenvalue weighted by Crippen LogP contribution is 2.38. The number of ether oxygens (including phenoxy) is 2. The number of nitrogens with one attached hydrogen (secondary N) is 1. The van der Waals surface area contributed by atoms with Gasteiger partial charge in [-0.05, 0) is 49.5 Å². The first-order chi connectivity index (χ1) is 18.9. The number of nitrogens with zero attached hydrogens (tertiary/aromatic N) is 1. The maximum absolute atomic E-state index is 14.8. The van der Waals surface area contributed by atoms with Gasteiger partial charge in [0.1, 0.15) is 5.82 Å². The molecular formula is C31H27F3N2O3. The third-order valence-electron chi connectivity index (χ3n) is 7.27. The lowest BCUT2D eigenvalue weighted by atomic mass is 9.84. The van der Waals surface area contributed by atoms with Crippen molar-refractivity contribution in [2.75, 3.05) is 19.8 Å². The number of hydrogen-bond donors (Lipinski definition) is 1. The number of amides is 1. The molecule has 2 aliphatic heterocycles. The summed E-state index contributed by atoms with van der Waals surface area (Å²) in [6.45, 7) is 3.34. The molecule has 1 amide bonds. The Morgan fingerprint density at radius 1 is 1.13 bits per heavy atom. The van der Waals surface area contributed by atoms with Crippen molar-refractivity contribution in [3.63, 3.8) is 0 Å². The summed E-state index contributed by atoms with van der Waals surface area (Å²) in [5.41, 5.74) is 2.32. The summed E-state index contributed by atoms with van der Waals surface area (Å²) >= 11 is 0. The number of fused-ring (bicyclic) bond motifs is 1. The van der Waals surface area contributed by atoms with E-state index in [0.717, 1.165) is 17.2 Å². The summed E-state index contributed by atoms with van der Waals surface area (Å²) in [5, 5.41) is 3.74. The van der Waals surface area contributed by atoms with Crippen molar-refractivity contribution in [1.29, 1.82) is 0 Å². The molecule has 1 aromatic heterocycles. The molecule has 1 fully saturated rings. The monoisotopic (exact) mass is 532 g/mol. The lowest BCUT2D eigenvalue weighted by Crippen LogP contribution is -2.39. The van der Waals surface area contributed by atoms with Gasteiger partial charge in [-0.2, -0.15) is 0 Å². The van der Waals surface area contributed by atoms with Crippen LogP contribution in [0.25, 0.3) is 22.0 Å². The van der Waals surface area contributed by atoms with Crippen LogP contribution in [0.5, 0.6) is 0 Å². The predicted octanol–water partition coefficient (Wildman–Crippen LogP) is 6.20. The highest BCUT2D eigenvalue weighted by Gasteiger charge is 2.29. The minimum absolute atomic E-state index is 0.0258. The molecule has 0 bridgehead atoms. The van der Waals surface area contributed by atoms with Gasteiger partial charge >= 0.3 is 0 Å². The van der Waals surface area contributed by atoms with Crippen molar-refractivity contribution in [1.82, 2.24) is 10.3 Å². The lowest BCUT2D eigenvalue weighted by molar-refractivity contribution is 0.0840. The Balaban J connectivity index is 1.63. The maximum atomic E-state index is 14.8. The van der Waals surface area contributed by atoms with E-state index in [4.69, 9.17) is 15.9 Å². The second kappa shape index (κ2) is 11.3. The van der Waals surface area contributed by atoms with Gasteiger partial charge < -0.3 is 14.8 Å². The summed E-state index contributed by atoms with van der Waals surface area (Å²) in [4.78, 5) is 18.3. The molecule has 0 spiro atoms. The number of carbonyl (C=O) groups excluding carboxylic acids is 1. The van der Waals surface area contributed by atoms with Crippen LogP contribution >= 0.6 is 0 Å². The molecule has 39 heavy (non-hydrogen) atoms. The number of terminal acetylenes is 1. The Morgan fingerprint density at radius 3 is 2.69 bits per heavy atom. The van der Waals surface area contributed by atoms with Crippen LogP contribution in [0, 0.1) is 29.8 Å². The second-order valence-electron chi connectivity index (χ2n) is 9.60. The summed E-state index contributed by atoms with van der Waals surface area (Å²) in [5.74, 6) is -0.518. The molecule has 2 aromatic carbocycles. The van der Waals surface area contributed by atoms with Crippen LogP contribution in [0.3, 0.4) is 0 Å². The number of benzene rings is 2. The number of allylic oxidation sites excluding steroid dienone is 2. The molecule has 0 unspecified atom stereocenters. The molecule has 5 rings (SSSR count). The van der Waals surface area contributed by atoms with Crippen LogP contribution in [0.15, 0.2) is 60.0 Å². The van der Waals surface area contributed by atoms with Gasteiger partial charge in [0.05, 0.1) is 29.5 Å². The number of carbonyl (C=O) groups is 1. The van der Waals surface area contributed by atoms with E-state index in [-0.39, 0.29) is 29.0 Å². The smallest absolute Gasteiger partial charge is 0.253 e. The van der Waals surface area contributed by atoms with Crippen LogP contribution < -0.4 is 5.32 Å². The predicted molar refractivity (Wildman–Crippen MR) is 142 cm³/mol. The molecule has 2 aliphatic rings. The number of aromatic nitrogens is 1. The largest absolute Gasteiger partial charge is 0.498 e. The average Bonchev–Trinajstić information content (AvgIpc) is 2.94. The normalized spacial score (nSPS) is 18.3. The van der Waals surface area contributed by atoms with E-state index in [9.17, 15) is 18.0 Å². The molecule has 1 atom stereocenters. The summed E-state index contributed by atoms with van der Waals surface area (Å²) < 4.78 is 54.2. The second-order valence-corrected chi connectivity index (χ2v) is 9.60. The van der Waals surface area contributed by atoms with Gasteiger partial charge in [0.15, 0.2) is 11.6 Å². The zero-order valence-corrected chi connectivity index (χ0v) is 21.4. The van der Waals surface area contributed by atoms with Gasteiger partial charge in [0.25, 0.3) is 5.91 Å². The van der Waals surface area contributed by atoms with E-state index in [1.165, 1.54) is 6.20 Å². The van der Waals surface area contributed by atoms with Crippen LogP contribution in [0.4, 0.5) is 13.2 Å². The standard InChI is InChI=1S/C31H27F3N2O3/c1-3-4-6-21-18(2)39-14-11-27(21)36-31(37)25-17-35-30-22(24-15-20(32)16-26(33)29(24)34)7-5-8-23(30)28(25)19-9-12-38-13-10-19/h1,4-8,15-17,19,27H,9-14H2,2H3,(H,36,37)/b6-4-/t27-/m0/s1. The molecule has 0 saturated carbocycles. The quantitative estimate of drug-likeness (QED) is 0.314. The molecule has 1 saturated heterocycles. The first-order valence-electron chi connectivity index (χ1n) is 12.8. The minimum Gasteiger partial charge on any atom is -0.498 e. The molecule has 5 nitrogen and oxygen atoms in total. The molecule has 8 heteroatoms. The molecule has 0 radical (unpaired) electrons. The molecule has 3 aromatic rings. The number of pyridine rings is 1. The van der Waals surface area contributed by atoms with Gasteiger partial charge in [-0.25, -0.2) is 13.2 Å². The van der Waals surface area contributed by atoms with Gasteiger partial charge in [-0.3, -0.25) is 9.78 Å². The molecule has 3 heterocycles.